The van der Waals surface area contributed by atoms with Gasteiger partial charge < -0.3 is 19.9 Å². The Labute approximate surface area is 168 Å². The molecule has 28 heavy (non-hydrogen) atoms. The third kappa shape index (κ3) is 4.49. The average molecular weight is 388 g/mol. The second-order valence-electron chi connectivity index (χ2n) is 8.37. The van der Waals surface area contributed by atoms with Crippen molar-refractivity contribution in [2.45, 2.75) is 58.5 Å². The van der Waals surface area contributed by atoms with E-state index in [1.54, 1.807) is 4.90 Å². The van der Waals surface area contributed by atoms with Crippen LogP contribution in [0.25, 0.3) is 0 Å². The lowest BCUT2D eigenvalue weighted by Gasteiger charge is -2.36. The van der Waals surface area contributed by atoms with E-state index in [4.69, 9.17) is 4.74 Å². The maximum absolute atomic E-state index is 12.9. The van der Waals surface area contributed by atoms with Gasteiger partial charge in [-0.05, 0) is 35.8 Å². The van der Waals surface area contributed by atoms with Crippen molar-refractivity contribution in [2.24, 2.45) is 0 Å². The van der Waals surface area contributed by atoms with Gasteiger partial charge >= 0.3 is 6.03 Å². The highest BCUT2D eigenvalue weighted by Gasteiger charge is 2.31. The van der Waals surface area contributed by atoms with E-state index in [1.807, 2.05) is 4.90 Å². The number of ether oxygens (including phenoxy) is 1. The third-order valence-corrected chi connectivity index (χ3v) is 5.69. The number of hydrogen-bond donors (Lipinski definition) is 1. The van der Waals surface area contributed by atoms with Crippen molar-refractivity contribution in [1.82, 2.24) is 9.80 Å². The highest BCUT2D eigenvalue weighted by Crippen LogP contribution is 2.32. The average Bonchev–Trinajstić information content (AvgIpc) is 3.22. The summed E-state index contributed by atoms with van der Waals surface area (Å²) in [5.74, 6) is 0.731. The van der Waals surface area contributed by atoms with Crippen molar-refractivity contribution in [1.29, 1.82) is 0 Å². The lowest BCUT2D eigenvalue weighted by Crippen LogP contribution is -2.53. The second kappa shape index (κ2) is 8.95. The summed E-state index contributed by atoms with van der Waals surface area (Å²) in [5.41, 5.74) is 3.26. The third-order valence-electron chi connectivity index (χ3n) is 5.69. The van der Waals surface area contributed by atoms with Crippen molar-refractivity contribution < 1.29 is 14.3 Å². The Balaban J connectivity index is 1.64. The quantitative estimate of drug-likeness (QED) is 0.855. The molecule has 0 spiro atoms. The van der Waals surface area contributed by atoms with Gasteiger partial charge in [-0.15, -0.1) is 0 Å². The zero-order valence-electron chi connectivity index (χ0n) is 17.5. The number of nitrogens with one attached hydrogen (secondary N) is 1. The summed E-state index contributed by atoms with van der Waals surface area (Å²) in [5, 5.41) is 3.17. The molecule has 0 aromatic heterocycles. The van der Waals surface area contributed by atoms with Gasteiger partial charge in [0.2, 0.25) is 0 Å². The monoisotopic (exact) mass is 387 g/mol. The molecule has 154 valence electrons. The number of rotatable bonds is 4. The molecule has 2 fully saturated rings. The first-order chi connectivity index (χ1) is 13.4. The van der Waals surface area contributed by atoms with Gasteiger partial charge in [-0.3, -0.25) is 4.79 Å². The smallest absolute Gasteiger partial charge is 0.321 e. The van der Waals surface area contributed by atoms with Gasteiger partial charge in [-0.1, -0.05) is 45.9 Å². The predicted molar refractivity (Wildman–Crippen MR) is 111 cm³/mol. The molecule has 2 aliphatic heterocycles. The SMILES string of the molecule is CC(C)c1cccc(C(C)C)c1NC(=O)N1CCN(C(=O)[C@@H]2CCCO2)CC1. The van der Waals surface area contributed by atoms with Crippen LogP contribution in [0.5, 0.6) is 0 Å². The Hall–Kier alpha value is -2.08. The Morgan fingerprint density at radius 1 is 1.00 bits per heavy atom. The number of urea groups is 1. The van der Waals surface area contributed by atoms with Gasteiger partial charge in [0.15, 0.2) is 0 Å². The van der Waals surface area contributed by atoms with E-state index >= 15 is 0 Å². The normalized spacial score (nSPS) is 20.1. The minimum Gasteiger partial charge on any atom is -0.368 e. The van der Waals surface area contributed by atoms with Crippen LogP contribution in [0.2, 0.25) is 0 Å². The number of carbonyl (C=O) groups excluding carboxylic acids is 2. The predicted octanol–water partition coefficient (Wildman–Crippen LogP) is 3.79. The molecule has 0 unspecified atom stereocenters. The molecule has 1 atom stereocenters. The van der Waals surface area contributed by atoms with E-state index in [-0.39, 0.29) is 18.0 Å². The van der Waals surface area contributed by atoms with Gasteiger partial charge in [-0.25, -0.2) is 4.79 Å². The minimum absolute atomic E-state index is 0.0739. The number of nitrogens with zero attached hydrogens (tertiary/aromatic N) is 2. The van der Waals surface area contributed by atoms with Crippen molar-refractivity contribution in [2.75, 3.05) is 38.1 Å². The topological polar surface area (TPSA) is 61.9 Å². The van der Waals surface area contributed by atoms with Crippen molar-refractivity contribution in [3.05, 3.63) is 29.3 Å². The van der Waals surface area contributed by atoms with E-state index < -0.39 is 0 Å². The number of para-hydroxylation sites is 1. The fourth-order valence-corrected chi connectivity index (χ4v) is 3.99. The second-order valence-corrected chi connectivity index (χ2v) is 8.37. The molecule has 3 amide bonds. The standard InChI is InChI=1S/C22H33N3O3/c1-15(2)17-7-5-8-18(16(3)4)20(17)23-22(27)25-12-10-24(11-13-25)21(26)19-9-6-14-28-19/h5,7-8,15-16,19H,6,9-14H2,1-4H3,(H,23,27)/t19-/m0/s1. The molecule has 0 saturated carbocycles. The van der Waals surface area contributed by atoms with Crippen molar-refractivity contribution in [3.63, 3.8) is 0 Å². The molecule has 3 rings (SSSR count). The summed E-state index contributed by atoms with van der Waals surface area (Å²) in [7, 11) is 0. The number of piperazine rings is 1. The van der Waals surface area contributed by atoms with Crippen LogP contribution >= 0.6 is 0 Å². The van der Waals surface area contributed by atoms with Crippen LogP contribution < -0.4 is 5.32 Å². The number of carbonyl (C=O) groups is 2. The van der Waals surface area contributed by atoms with E-state index in [0.717, 1.165) is 29.7 Å². The molecule has 1 N–H and O–H groups in total. The Morgan fingerprint density at radius 3 is 2.07 bits per heavy atom. The summed E-state index contributed by atoms with van der Waals surface area (Å²) < 4.78 is 5.51. The highest BCUT2D eigenvalue weighted by molar-refractivity contribution is 5.91. The first kappa shape index (κ1) is 20.6. The minimum atomic E-state index is -0.285. The summed E-state index contributed by atoms with van der Waals surface area (Å²) in [6.07, 6.45) is 1.47. The first-order valence-corrected chi connectivity index (χ1v) is 10.5. The van der Waals surface area contributed by atoms with Crippen LogP contribution in [-0.2, 0) is 9.53 Å². The number of anilines is 1. The molecule has 6 heteroatoms. The molecule has 1 aromatic rings. The first-order valence-electron chi connectivity index (χ1n) is 10.5. The van der Waals surface area contributed by atoms with Crippen LogP contribution in [0, 0.1) is 0 Å². The van der Waals surface area contributed by atoms with Crippen LogP contribution in [0.4, 0.5) is 10.5 Å². The lowest BCUT2D eigenvalue weighted by molar-refractivity contribution is -0.142. The zero-order valence-corrected chi connectivity index (χ0v) is 17.5. The summed E-state index contributed by atoms with van der Waals surface area (Å²) in [6.45, 7) is 11.5. The van der Waals surface area contributed by atoms with Gasteiger partial charge in [0.1, 0.15) is 6.10 Å². The molecule has 0 radical (unpaired) electrons. The van der Waals surface area contributed by atoms with Crippen LogP contribution in [0.3, 0.4) is 0 Å². The molecule has 0 bridgehead atoms. The maximum Gasteiger partial charge on any atom is 0.321 e. The Bertz CT molecular complexity index is 677. The fraction of sp³-hybridized carbons (Fsp3) is 0.636. The van der Waals surface area contributed by atoms with Crippen LogP contribution in [-0.4, -0.2) is 60.6 Å². The van der Waals surface area contributed by atoms with E-state index in [9.17, 15) is 9.59 Å². The van der Waals surface area contributed by atoms with E-state index in [2.05, 4.69) is 51.2 Å². The molecule has 0 aliphatic carbocycles. The van der Waals surface area contributed by atoms with E-state index in [0.29, 0.717) is 44.6 Å². The molecule has 1 aromatic carbocycles. The number of amides is 3. The molecular formula is C22H33N3O3. The van der Waals surface area contributed by atoms with Gasteiger partial charge in [0.05, 0.1) is 0 Å². The molecular weight excluding hydrogens is 354 g/mol. The maximum atomic E-state index is 12.9. The van der Waals surface area contributed by atoms with Gasteiger partial charge in [0, 0.05) is 38.5 Å². The lowest BCUT2D eigenvalue weighted by atomic mass is 9.93. The summed E-state index contributed by atoms with van der Waals surface area (Å²) >= 11 is 0. The summed E-state index contributed by atoms with van der Waals surface area (Å²) in [4.78, 5) is 29.1. The fourth-order valence-electron chi connectivity index (χ4n) is 3.99. The van der Waals surface area contributed by atoms with Gasteiger partial charge in [0.25, 0.3) is 5.91 Å². The van der Waals surface area contributed by atoms with Crippen LogP contribution in [0.1, 0.15) is 63.5 Å². The molecule has 2 saturated heterocycles. The summed E-state index contributed by atoms with van der Waals surface area (Å²) in [6, 6.07) is 6.16. The zero-order chi connectivity index (χ0) is 20.3. The van der Waals surface area contributed by atoms with Crippen LogP contribution in [0.15, 0.2) is 18.2 Å². The molecule has 2 aliphatic rings. The Kier molecular flexibility index (Phi) is 6.60. The molecule has 2 heterocycles. The highest BCUT2D eigenvalue weighted by atomic mass is 16.5. The molecule has 6 nitrogen and oxygen atoms in total. The number of benzene rings is 1. The number of hydrogen-bond acceptors (Lipinski definition) is 3. The van der Waals surface area contributed by atoms with Crippen molar-refractivity contribution >= 4 is 17.6 Å². The Morgan fingerprint density at radius 2 is 1.57 bits per heavy atom. The largest absolute Gasteiger partial charge is 0.368 e. The van der Waals surface area contributed by atoms with Crippen molar-refractivity contribution in [3.8, 4) is 0 Å². The van der Waals surface area contributed by atoms with E-state index in [1.165, 1.54) is 0 Å². The van der Waals surface area contributed by atoms with Gasteiger partial charge in [-0.2, -0.15) is 0 Å².